The van der Waals surface area contributed by atoms with Crippen LogP contribution in [0.1, 0.15) is 24.8 Å². The van der Waals surface area contributed by atoms with Gasteiger partial charge in [0.15, 0.2) is 4.80 Å². The lowest BCUT2D eigenvalue weighted by molar-refractivity contribution is -0.141. The van der Waals surface area contributed by atoms with Gasteiger partial charge in [-0.1, -0.05) is 29.9 Å². The third kappa shape index (κ3) is 4.42. The Kier molecular flexibility index (Phi) is 6.61. The van der Waals surface area contributed by atoms with Gasteiger partial charge in [-0.05, 0) is 48.9 Å². The van der Waals surface area contributed by atoms with Crippen molar-refractivity contribution in [3.8, 4) is 0 Å². The first kappa shape index (κ1) is 22.8. The van der Waals surface area contributed by atoms with Crippen molar-refractivity contribution < 1.29 is 22.7 Å². The van der Waals surface area contributed by atoms with Crippen molar-refractivity contribution in [3.63, 3.8) is 0 Å². The molecule has 0 spiro atoms. The zero-order chi connectivity index (χ0) is 22.9. The van der Waals surface area contributed by atoms with Crippen LogP contribution in [0.4, 0.5) is 0 Å². The predicted octanol–water partition coefficient (Wildman–Crippen LogP) is 2.92. The summed E-state index contributed by atoms with van der Waals surface area (Å²) in [6, 6.07) is 8.12. The first-order valence-corrected chi connectivity index (χ1v) is 13.3. The monoisotopic (exact) mass is 493 g/mol. The molecule has 32 heavy (non-hydrogen) atoms. The molecule has 2 aromatic heterocycles. The molecule has 0 aliphatic carbocycles. The van der Waals surface area contributed by atoms with Crippen molar-refractivity contribution >= 4 is 54.8 Å². The Labute approximate surface area is 193 Å². The number of nitrogens with zero attached hydrogens (tertiary/aromatic N) is 3. The molecule has 1 atom stereocenters. The van der Waals surface area contributed by atoms with Crippen molar-refractivity contribution in [2.24, 2.45) is 4.99 Å². The molecule has 1 aromatic carbocycles. The zero-order valence-electron chi connectivity index (χ0n) is 17.7. The fourth-order valence-electron chi connectivity index (χ4n) is 3.75. The molecule has 1 aliphatic rings. The number of hydrogen-bond donors (Lipinski definition) is 0. The summed E-state index contributed by atoms with van der Waals surface area (Å²) in [5.74, 6) is -0.981. The minimum absolute atomic E-state index is 0.0897. The summed E-state index contributed by atoms with van der Waals surface area (Å²) in [6.07, 6.45) is 1.85. The third-order valence-corrected chi connectivity index (χ3v) is 9.68. The number of carbonyl (C=O) groups is 2. The molecule has 1 saturated heterocycles. The fourth-order valence-corrected chi connectivity index (χ4v) is 7.65. The van der Waals surface area contributed by atoms with Crippen molar-refractivity contribution in [3.05, 3.63) is 46.1 Å². The van der Waals surface area contributed by atoms with Crippen molar-refractivity contribution in [2.45, 2.75) is 43.0 Å². The summed E-state index contributed by atoms with van der Waals surface area (Å²) >= 11 is 2.42. The number of amides is 1. The van der Waals surface area contributed by atoms with E-state index < -0.39 is 27.9 Å². The highest BCUT2D eigenvalue weighted by Crippen LogP contribution is 2.28. The molecule has 3 aromatic rings. The van der Waals surface area contributed by atoms with Gasteiger partial charge in [0.2, 0.25) is 0 Å². The molecular weight excluding hydrogens is 470 g/mol. The lowest BCUT2D eigenvalue weighted by Crippen LogP contribution is -2.47. The summed E-state index contributed by atoms with van der Waals surface area (Å²) in [6.45, 7) is 2.15. The van der Waals surface area contributed by atoms with Crippen molar-refractivity contribution in [1.82, 2.24) is 8.87 Å². The molecule has 8 nitrogen and oxygen atoms in total. The number of piperidine rings is 1. The standard InChI is InChI=1S/C21H23N3O5S3/c1-14-8-9-15-17(12-14)31-21(23(15)13-18(25)29-2)22-20(26)16-6-3-4-10-24(16)32(27,28)19-7-5-11-30-19/h5,7-9,11-12,16H,3-4,6,10,13H2,1-2H3. The number of thiophene rings is 1. The highest BCUT2D eigenvalue weighted by Gasteiger charge is 2.38. The average molecular weight is 494 g/mol. The van der Waals surface area contributed by atoms with E-state index in [4.69, 9.17) is 4.74 Å². The first-order chi connectivity index (χ1) is 15.3. The van der Waals surface area contributed by atoms with Crippen LogP contribution in [0.15, 0.2) is 44.9 Å². The van der Waals surface area contributed by atoms with Gasteiger partial charge in [0.05, 0.1) is 17.3 Å². The minimum atomic E-state index is -3.77. The lowest BCUT2D eigenvalue weighted by atomic mass is 10.0. The van der Waals surface area contributed by atoms with Gasteiger partial charge in [0.25, 0.3) is 15.9 Å². The maximum absolute atomic E-state index is 13.3. The first-order valence-electron chi connectivity index (χ1n) is 10.1. The van der Waals surface area contributed by atoms with Crippen LogP contribution in [0, 0.1) is 6.92 Å². The van der Waals surface area contributed by atoms with Crippen LogP contribution in [0.25, 0.3) is 10.2 Å². The molecule has 11 heteroatoms. The summed E-state index contributed by atoms with van der Waals surface area (Å²) in [5.41, 5.74) is 1.81. The summed E-state index contributed by atoms with van der Waals surface area (Å²) < 4.78 is 35.1. The van der Waals surface area contributed by atoms with Gasteiger partial charge in [0, 0.05) is 6.54 Å². The Balaban J connectivity index is 1.76. The summed E-state index contributed by atoms with van der Waals surface area (Å²) in [7, 11) is -2.47. The number of carbonyl (C=O) groups excluding carboxylic acids is 2. The lowest BCUT2D eigenvalue weighted by Gasteiger charge is -2.31. The molecule has 0 radical (unpaired) electrons. The second kappa shape index (κ2) is 9.26. The maximum Gasteiger partial charge on any atom is 0.325 e. The Morgan fingerprint density at radius 1 is 1.25 bits per heavy atom. The van der Waals surface area contributed by atoms with E-state index in [1.807, 2.05) is 25.1 Å². The Morgan fingerprint density at radius 2 is 2.06 bits per heavy atom. The van der Waals surface area contributed by atoms with Gasteiger partial charge >= 0.3 is 5.97 Å². The van der Waals surface area contributed by atoms with Crippen LogP contribution in [-0.4, -0.2) is 48.9 Å². The Morgan fingerprint density at radius 3 is 2.78 bits per heavy atom. The number of sulfonamides is 1. The van der Waals surface area contributed by atoms with Gasteiger partial charge < -0.3 is 9.30 Å². The van der Waals surface area contributed by atoms with Gasteiger partial charge in [-0.3, -0.25) is 9.59 Å². The quantitative estimate of drug-likeness (QED) is 0.509. The molecule has 4 rings (SSSR count). The molecule has 0 saturated carbocycles. The van der Waals surface area contributed by atoms with Crippen LogP contribution in [-0.2, 0) is 30.9 Å². The Bertz CT molecular complexity index is 1320. The number of aromatic nitrogens is 1. The summed E-state index contributed by atoms with van der Waals surface area (Å²) in [4.78, 5) is 29.9. The number of ether oxygens (including phenoxy) is 1. The number of aryl methyl sites for hydroxylation is 1. The zero-order valence-corrected chi connectivity index (χ0v) is 20.1. The predicted molar refractivity (Wildman–Crippen MR) is 123 cm³/mol. The van der Waals surface area contributed by atoms with E-state index in [1.54, 1.807) is 22.1 Å². The molecule has 1 amide bonds. The topological polar surface area (TPSA) is 98.0 Å². The van der Waals surface area contributed by atoms with E-state index in [0.717, 1.165) is 33.5 Å². The van der Waals surface area contributed by atoms with Gasteiger partial charge in [-0.25, -0.2) is 8.42 Å². The van der Waals surface area contributed by atoms with Crippen LogP contribution >= 0.6 is 22.7 Å². The number of esters is 1. The van der Waals surface area contributed by atoms with E-state index >= 15 is 0 Å². The molecule has 1 unspecified atom stereocenters. The van der Waals surface area contributed by atoms with Crippen molar-refractivity contribution in [1.29, 1.82) is 0 Å². The maximum atomic E-state index is 13.3. The van der Waals surface area contributed by atoms with Gasteiger partial charge in [-0.15, -0.1) is 11.3 Å². The SMILES string of the molecule is COC(=O)Cn1c(=NC(=O)C2CCCCN2S(=O)(=O)c2cccs2)sc2cc(C)ccc21. The smallest absolute Gasteiger partial charge is 0.325 e. The van der Waals surface area contributed by atoms with Crippen LogP contribution in [0.5, 0.6) is 0 Å². The number of thiazole rings is 1. The van der Waals surface area contributed by atoms with E-state index in [-0.39, 0.29) is 17.3 Å². The van der Waals surface area contributed by atoms with E-state index in [1.165, 1.54) is 22.8 Å². The molecule has 0 N–H and O–H groups in total. The van der Waals surface area contributed by atoms with Crippen molar-refractivity contribution in [2.75, 3.05) is 13.7 Å². The number of methoxy groups -OCH3 is 1. The number of hydrogen-bond acceptors (Lipinski definition) is 7. The molecular formula is C21H23N3O5S3. The van der Waals surface area contributed by atoms with E-state index in [0.29, 0.717) is 17.6 Å². The molecule has 3 heterocycles. The summed E-state index contributed by atoms with van der Waals surface area (Å²) in [5, 5.41) is 1.70. The Hall–Kier alpha value is -2.34. The second-order valence-corrected chi connectivity index (χ2v) is 11.6. The highest BCUT2D eigenvalue weighted by atomic mass is 32.2. The number of benzene rings is 1. The minimum Gasteiger partial charge on any atom is -0.468 e. The van der Waals surface area contributed by atoms with E-state index in [2.05, 4.69) is 4.99 Å². The second-order valence-electron chi connectivity index (χ2n) is 7.53. The molecule has 1 aliphatic heterocycles. The van der Waals surface area contributed by atoms with Crippen LogP contribution in [0.3, 0.4) is 0 Å². The third-order valence-electron chi connectivity index (χ3n) is 5.36. The molecule has 170 valence electrons. The van der Waals surface area contributed by atoms with Gasteiger partial charge in [0.1, 0.15) is 16.8 Å². The molecule has 1 fully saturated rings. The molecule has 0 bridgehead atoms. The van der Waals surface area contributed by atoms with Crippen LogP contribution in [0.2, 0.25) is 0 Å². The fraction of sp³-hybridized carbons (Fsp3) is 0.381. The van der Waals surface area contributed by atoms with E-state index in [9.17, 15) is 18.0 Å². The normalized spacial score (nSPS) is 18.2. The number of fused-ring (bicyclic) bond motifs is 1. The van der Waals surface area contributed by atoms with Gasteiger partial charge in [-0.2, -0.15) is 9.30 Å². The van der Waals surface area contributed by atoms with Crippen LogP contribution < -0.4 is 4.80 Å². The largest absolute Gasteiger partial charge is 0.468 e. The highest BCUT2D eigenvalue weighted by molar-refractivity contribution is 7.91. The average Bonchev–Trinajstić information content (AvgIpc) is 3.43. The number of rotatable bonds is 5.